The molecule has 21 heavy (non-hydrogen) atoms. The Labute approximate surface area is 121 Å². The minimum absolute atomic E-state index is 0.127. The minimum atomic E-state index is -4.86. The molecule has 0 unspecified atom stereocenters. The van der Waals surface area contributed by atoms with Crippen molar-refractivity contribution in [3.8, 4) is 0 Å². The van der Waals surface area contributed by atoms with Crippen molar-refractivity contribution in [2.24, 2.45) is 5.73 Å². The number of carbonyl (C=O) groups is 1. The lowest BCUT2D eigenvalue weighted by Gasteiger charge is -2.47. The van der Waals surface area contributed by atoms with Crippen molar-refractivity contribution >= 4 is 5.91 Å². The Kier molecular flexibility index (Phi) is 4.25. The zero-order valence-corrected chi connectivity index (χ0v) is 11.9. The second-order valence-corrected chi connectivity index (χ2v) is 5.91. The van der Waals surface area contributed by atoms with Gasteiger partial charge in [-0.25, -0.2) is 0 Å². The average molecular weight is 310 g/mol. The third-order valence-electron chi connectivity index (χ3n) is 4.29. The summed E-state index contributed by atoms with van der Waals surface area (Å²) in [6.07, 6.45) is -5.32. The largest absolute Gasteiger partial charge is 0.417 e. The summed E-state index contributed by atoms with van der Waals surface area (Å²) in [5.41, 5.74) is 1.11. The zero-order chi connectivity index (χ0) is 15.9. The van der Waals surface area contributed by atoms with E-state index in [0.717, 1.165) is 6.42 Å². The third-order valence-corrected chi connectivity index (χ3v) is 4.29. The minimum Gasteiger partial charge on any atom is -0.380 e. The Morgan fingerprint density at radius 2 is 2.19 bits per heavy atom. The summed E-state index contributed by atoms with van der Waals surface area (Å²) >= 11 is 0. The normalized spacial score (nSPS) is 37.0. The first-order valence-electron chi connectivity index (χ1n) is 7.15. The number of amides is 1. The second kappa shape index (κ2) is 5.40. The van der Waals surface area contributed by atoms with Crippen LogP contribution in [-0.4, -0.2) is 52.6 Å². The molecule has 5 nitrogen and oxygen atoms in total. The van der Waals surface area contributed by atoms with Gasteiger partial charge in [0.05, 0.1) is 19.1 Å². The van der Waals surface area contributed by atoms with Crippen LogP contribution in [0.2, 0.25) is 0 Å². The van der Waals surface area contributed by atoms with E-state index in [0.29, 0.717) is 6.42 Å². The van der Waals surface area contributed by atoms with E-state index >= 15 is 0 Å². The molecular weight excluding hydrogens is 289 g/mol. The van der Waals surface area contributed by atoms with Gasteiger partial charge in [-0.15, -0.1) is 0 Å². The molecule has 3 atom stereocenters. The van der Waals surface area contributed by atoms with Crippen molar-refractivity contribution in [2.45, 2.75) is 62.6 Å². The summed E-state index contributed by atoms with van der Waals surface area (Å²) in [7, 11) is 0. The highest BCUT2D eigenvalue weighted by atomic mass is 19.4. The molecule has 0 saturated carbocycles. The number of fused-ring (bicyclic) bond motifs is 1. The fraction of sp³-hybridized carbons (Fsp3) is 0.923. The Bertz CT molecular complexity index is 418. The fourth-order valence-electron chi connectivity index (χ4n) is 3.17. The van der Waals surface area contributed by atoms with Gasteiger partial charge in [0.2, 0.25) is 5.91 Å². The van der Waals surface area contributed by atoms with E-state index < -0.39 is 42.4 Å². The van der Waals surface area contributed by atoms with Crippen molar-refractivity contribution in [2.75, 3.05) is 13.1 Å². The van der Waals surface area contributed by atoms with Crippen LogP contribution in [-0.2, 0) is 9.53 Å². The van der Waals surface area contributed by atoms with Crippen molar-refractivity contribution in [1.29, 1.82) is 0 Å². The van der Waals surface area contributed by atoms with E-state index in [2.05, 4.69) is 0 Å². The Morgan fingerprint density at radius 1 is 1.52 bits per heavy atom. The molecule has 2 aliphatic heterocycles. The molecule has 0 spiro atoms. The zero-order valence-electron chi connectivity index (χ0n) is 11.9. The van der Waals surface area contributed by atoms with Crippen LogP contribution >= 0.6 is 0 Å². The van der Waals surface area contributed by atoms with Crippen LogP contribution in [0.1, 0.15) is 39.0 Å². The molecule has 0 aromatic carbocycles. The number of aliphatic hydroxyl groups is 1. The van der Waals surface area contributed by atoms with Gasteiger partial charge in [0.1, 0.15) is 5.72 Å². The molecule has 2 heterocycles. The van der Waals surface area contributed by atoms with E-state index in [9.17, 15) is 23.1 Å². The first-order valence-corrected chi connectivity index (χ1v) is 7.15. The average Bonchev–Trinajstić information content (AvgIpc) is 2.74. The quantitative estimate of drug-likeness (QED) is 0.816. The molecule has 8 heteroatoms. The van der Waals surface area contributed by atoms with Crippen LogP contribution in [0.5, 0.6) is 0 Å². The number of hydrogen-bond acceptors (Lipinski definition) is 4. The molecule has 2 fully saturated rings. The number of ether oxygens (including phenoxy) is 1. The van der Waals surface area contributed by atoms with Gasteiger partial charge in [-0.1, -0.05) is 13.3 Å². The number of carbonyl (C=O) groups excluding carboxylic acids is 1. The van der Waals surface area contributed by atoms with E-state index in [-0.39, 0.29) is 19.5 Å². The first-order chi connectivity index (χ1) is 9.67. The topological polar surface area (TPSA) is 75.8 Å². The van der Waals surface area contributed by atoms with E-state index in [1.165, 1.54) is 4.90 Å². The van der Waals surface area contributed by atoms with Crippen molar-refractivity contribution in [1.82, 2.24) is 4.90 Å². The second-order valence-electron chi connectivity index (χ2n) is 5.91. The van der Waals surface area contributed by atoms with Gasteiger partial charge in [0, 0.05) is 13.0 Å². The van der Waals surface area contributed by atoms with Crippen LogP contribution in [0, 0.1) is 0 Å². The predicted octanol–water partition coefficient (Wildman–Crippen LogP) is 1.15. The van der Waals surface area contributed by atoms with Gasteiger partial charge in [-0.2, -0.15) is 13.2 Å². The Morgan fingerprint density at radius 3 is 2.71 bits per heavy atom. The van der Waals surface area contributed by atoms with Crippen LogP contribution < -0.4 is 5.73 Å². The molecule has 0 aliphatic carbocycles. The Balaban J connectivity index is 2.34. The van der Waals surface area contributed by atoms with Gasteiger partial charge in [0.15, 0.2) is 5.60 Å². The molecule has 2 saturated heterocycles. The molecule has 1 amide bonds. The molecule has 2 aliphatic rings. The summed E-state index contributed by atoms with van der Waals surface area (Å²) in [4.78, 5) is 13.4. The van der Waals surface area contributed by atoms with Crippen LogP contribution in [0.3, 0.4) is 0 Å². The number of alkyl halides is 3. The molecule has 0 aromatic rings. The summed E-state index contributed by atoms with van der Waals surface area (Å²) in [6.45, 7) is 2.21. The molecule has 0 bridgehead atoms. The van der Waals surface area contributed by atoms with Crippen molar-refractivity contribution in [3.05, 3.63) is 0 Å². The number of nitrogens with two attached hydrogens (primary N) is 1. The SMILES string of the molecule is CCCC[C@@]12C[C@](O)(C(F)(F)F)CC(=O)N1C[C@@H](CN)O2. The molecule has 2 rings (SSSR count). The number of piperidine rings is 1. The van der Waals surface area contributed by atoms with Crippen molar-refractivity contribution in [3.63, 3.8) is 0 Å². The van der Waals surface area contributed by atoms with Gasteiger partial charge in [-0.05, 0) is 12.8 Å². The molecule has 122 valence electrons. The predicted molar refractivity (Wildman–Crippen MR) is 68.1 cm³/mol. The van der Waals surface area contributed by atoms with Crippen LogP contribution in [0.25, 0.3) is 0 Å². The van der Waals surface area contributed by atoms with Crippen molar-refractivity contribution < 1.29 is 27.8 Å². The standard InChI is InChI=1S/C13H21F3N2O3/c1-2-3-4-12-8-11(20,13(14,15)16)5-10(19)18(12)7-9(6-17)21-12/h9,20H,2-8,17H2,1H3/t9-,11+,12-/m1/s1. The van der Waals surface area contributed by atoms with E-state index in [1.807, 2.05) is 6.92 Å². The third kappa shape index (κ3) is 2.76. The number of rotatable bonds is 4. The summed E-state index contributed by atoms with van der Waals surface area (Å²) in [6, 6.07) is 0. The maximum atomic E-state index is 13.1. The smallest absolute Gasteiger partial charge is 0.380 e. The highest BCUT2D eigenvalue weighted by Gasteiger charge is 2.65. The van der Waals surface area contributed by atoms with Gasteiger partial charge in [0.25, 0.3) is 0 Å². The van der Waals surface area contributed by atoms with E-state index in [4.69, 9.17) is 10.5 Å². The highest BCUT2D eigenvalue weighted by Crippen LogP contribution is 2.49. The number of nitrogens with zero attached hydrogens (tertiary/aromatic N) is 1. The first kappa shape index (κ1) is 16.5. The van der Waals surface area contributed by atoms with Crippen LogP contribution in [0.15, 0.2) is 0 Å². The fourth-order valence-corrected chi connectivity index (χ4v) is 3.17. The molecule has 3 N–H and O–H groups in total. The van der Waals surface area contributed by atoms with Gasteiger partial charge < -0.3 is 20.5 Å². The molecular formula is C13H21F3N2O3. The number of hydrogen-bond donors (Lipinski definition) is 2. The maximum Gasteiger partial charge on any atom is 0.417 e. The number of halogens is 3. The lowest BCUT2D eigenvalue weighted by molar-refractivity contribution is -0.296. The summed E-state index contributed by atoms with van der Waals surface area (Å²) in [5, 5.41) is 9.97. The summed E-state index contributed by atoms with van der Waals surface area (Å²) in [5.74, 6) is -0.729. The monoisotopic (exact) mass is 310 g/mol. The highest BCUT2D eigenvalue weighted by molar-refractivity contribution is 5.79. The molecule has 0 aromatic heterocycles. The molecule has 0 radical (unpaired) electrons. The lowest BCUT2D eigenvalue weighted by atomic mass is 9.81. The van der Waals surface area contributed by atoms with Gasteiger partial charge >= 0.3 is 6.18 Å². The summed E-state index contributed by atoms with van der Waals surface area (Å²) < 4.78 is 45.1. The van der Waals surface area contributed by atoms with E-state index in [1.54, 1.807) is 0 Å². The van der Waals surface area contributed by atoms with Gasteiger partial charge in [-0.3, -0.25) is 4.79 Å². The number of unbranched alkanes of at least 4 members (excludes halogenated alkanes) is 1. The maximum absolute atomic E-state index is 13.1. The Hall–Kier alpha value is -0.860. The van der Waals surface area contributed by atoms with Crippen LogP contribution in [0.4, 0.5) is 13.2 Å². The lowest BCUT2D eigenvalue weighted by Crippen LogP contribution is -2.64.